The number of nitrogens with two attached hydrogens (primary N) is 1. The lowest BCUT2D eigenvalue weighted by molar-refractivity contribution is 0.624. The molecule has 0 radical (unpaired) electrons. The normalized spacial score (nSPS) is 12.7. The molecule has 1 heterocycles. The number of aryl methyl sites for hydroxylation is 1. The Balaban J connectivity index is 2.17. The van der Waals surface area contributed by atoms with Crippen LogP contribution in [0.1, 0.15) is 22.3 Å². The van der Waals surface area contributed by atoms with Crippen molar-refractivity contribution in [1.29, 1.82) is 0 Å². The topological polar surface area (TPSA) is 38.9 Å². The van der Waals surface area contributed by atoms with Gasteiger partial charge in [0.15, 0.2) is 0 Å². The van der Waals surface area contributed by atoms with Gasteiger partial charge in [0.25, 0.3) is 0 Å². The van der Waals surface area contributed by atoms with Crippen molar-refractivity contribution in [3.8, 4) is 0 Å². The first kappa shape index (κ1) is 12.5. The van der Waals surface area contributed by atoms with Crippen LogP contribution in [-0.2, 0) is 6.42 Å². The first-order chi connectivity index (χ1) is 8.06. The molecule has 0 saturated carbocycles. The molecule has 2 aromatic rings. The van der Waals surface area contributed by atoms with Gasteiger partial charge in [-0.05, 0) is 24.6 Å². The molecule has 0 bridgehead atoms. The highest BCUT2D eigenvalue weighted by molar-refractivity contribution is 7.09. The molecule has 90 valence electrons. The molecule has 0 amide bonds. The summed E-state index contributed by atoms with van der Waals surface area (Å²) in [7, 11) is 0. The molecule has 1 aromatic heterocycles. The molecular formula is C12H12ClFN2S. The second-order valence-electron chi connectivity index (χ2n) is 3.86. The molecule has 0 saturated heterocycles. The predicted octanol–water partition coefficient (Wildman–Crippen LogP) is 3.49. The minimum Gasteiger partial charge on any atom is -0.324 e. The van der Waals surface area contributed by atoms with Crippen molar-refractivity contribution in [2.45, 2.75) is 19.4 Å². The van der Waals surface area contributed by atoms with Gasteiger partial charge in [0.1, 0.15) is 5.82 Å². The lowest BCUT2D eigenvalue weighted by Crippen LogP contribution is -2.13. The van der Waals surface area contributed by atoms with E-state index in [0.29, 0.717) is 11.4 Å². The van der Waals surface area contributed by atoms with Gasteiger partial charge >= 0.3 is 0 Å². The van der Waals surface area contributed by atoms with Crippen LogP contribution in [0.25, 0.3) is 0 Å². The zero-order chi connectivity index (χ0) is 12.4. The molecule has 0 fully saturated rings. The monoisotopic (exact) mass is 270 g/mol. The molecular weight excluding hydrogens is 259 g/mol. The summed E-state index contributed by atoms with van der Waals surface area (Å²) in [6.07, 6.45) is 0.615. The number of hydrogen-bond acceptors (Lipinski definition) is 3. The van der Waals surface area contributed by atoms with Crippen LogP contribution in [0.15, 0.2) is 23.6 Å². The van der Waals surface area contributed by atoms with E-state index in [1.54, 1.807) is 17.4 Å². The fraction of sp³-hybridized carbons (Fsp3) is 0.250. The molecule has 0 spiro atoms. The molecule has 2 rings (SSSR count). The molecule has 1 unspecified atom stereocenters. The molecule has 5 heteroatoms. The number of halogens is 2. The van der Waals surface area contributed by atoms with Gasteiger partial charge in [0, 0.05) is 28.6 Å². The molecule has 1 aromatic carbocycles. The Bertz CT molecular complexity index is 527. The van der Waals surface area contributed by atoms with E-state index in [1.165, 1.54) is 12.1 Å². The zero-order valence-electron chi connectivity index (χ0n) is 9.28. The van der Waals surface area contributed by atoms with Gasteiger partial charge in [-0.15, -0.1) is 11.3 Å². The summed E-state index contributed by atoms with van der Waals surface area (Å²) in [6, 6.07) is 4.02. The van der Waals surface area contributed by atoms with E-state index in [0.717, 1.165) is 16.3 Å². The number of rotatable bonds is 3. The van der Waals surface area contributed by atoms with Crippen molar-refractivity contribution in [2.75, 3.05) is 0 Å². The Hall–Kier alpha value is -0.970. The molecule has 2 nitrogen and oxygen atoms in total. The van der Waals surface area contributed by atoms with Crippen molar-refractivity contribution >= 4 is 22.9 Å². The summed E-state index contributed by atoms with van der Waals surface area (Å²) < 4.78 is 12.9. The Kier molecular flexibility index (Phi) is 3.76. The molecule has 1 atom stereocenters. The van der Waals surface area contributed by atoms with E-state index in [9.17, 15) is 4.39 Å². The van der Waals surface area contributed by atoms with Crippen molar-refractivity contribution in [1.82, 2.24) is 4.98 Å². The standard InChI is InChI=1S/C12H12ClFN2S/c1-7-6-17-12(16-7)5-11(15)9-3-2-8(14)4-10(9)13/h2-4,6,11H,5,15H2,1H3. The molecule has 2 N–H and O–H groups in total. The highest BCUT2D eigenvalue weighted by Gasteiger charge is 2.13. The lowest BCUT2D eigenvalue weighted by atomic mass is 10.1. The van der Waals surface area contributed by atoms with Gasteiger partial charge in [-0.2, -0.15) is 0 Å². The van der Waals surface area contributed by atoms with Gasteiger partial charge in [-0.3, -0.25) is 0 Å². The molecule has 0 aliphatic carbocycles. The van der Waals surface area contributed by atoms with E-state index in [1.807, 2.05) is 12.3 Å². The van der Waals surface area contributed by atoms with Gasteiger partial charge < -0.3 is 5.73 Å². The summed E-state index contributed by atoms with van der Waals surface area (Å²) in [5, 5.41) is 3.31. The fourth-order valence-electron chi connectivity index (χ4n) is 1.60. The highest BCUT2D eigenvalue weighted by Crippen LogP contribution is 2.25. The maximum absolute atomic E-state index is 12.9. The van der Waals surface area contributed by atoms with Crippen LogP contribution in [0.5, 0.6) is 0 Å². The SMILES string of the molecule is Cc1csc(CC(N)c2ccc(F)cc2Cl)n1. The third-order valence-electron chi connectivity index (χ3n) is 2.42. The van der Waals surface area contributed by atoms with Crippen LogP contribution in [0.3, 0.4) is 0 Å². The molecule has 17 heavy (non-hydrogen) atoms. The summed E-state index contributed by atoms with van der Waals surface area (Å²) in [5.41, 5.74) is 7.79. The maximum atomic E-state index is 12.9. The second-order valence-corrected chi connectivity index (χ2v) is 5.21. The smallest absolute Gasteiger partial charge is 0.124 e. The van der Waals surface area contributed by atoms with E-state index in [-0.39, 0.29) is 11.9 Å². The highest BCUT2D eigenvalue weighted by atomic mass is 35.5. The Morgan fingerprint density at radius 2 is 2.29 bits per heavy atom. The van der Waals surface area contributed by atoms with Crippen LogP contribution in [-0.4, -0.2) is 4.98 Å². The first-order valence-electron chi connectivity index (χ1n) is 5.18. The Morgan fingerprint density at radius 1 is 1.53 bits per heavy atom. The van der Waals surface area contributed by atoms with Crippen LogP contribution < -0.4 is 5.73 Å². The van der Waals surface area contributed by atoms with E-state index in [4.69, 9.17) is 17.3 Å². The number of hydrogen-bond donors (Lipinski definition) is 1. The number of thiazole rings is 1. The van der Waals surface area contributed by atoms with Crippen LogP contribution in [0, 0.1) is 12.7 Å². The van der Waals surface area contributed by atoms with Crippen molar-refractivity contribution in [3.05, 3.63) is 50.7 Å². The largest absolute Gasteiger partial charge is 0.324 e. The van der Waals surface area contributed by atoms with Crippen LogP contribution in [0.4, 0.5) is 4.39 Å². The first-order valence-corrected chi connectivity index (χ1v) is 6.43. The van der Waals surface area contributed by atoms with Gasteiger partial charge in [-0.1, -0.05) is 17.7 Å². The van der Waals surface area contributed by atoms with Gasteiger partial charge in [0.2, 0.25) is 0 Å². The number of benzene rings is 1. The zero-order valence-corrected chi connectivity index (χ0v) is 10.9. The Labute approximate surface area is 108 Å². The lowest BCUT2D eigenvalue weighted by Gasteiger charge is -2.12. The van der Waals surface area contributed by atoms with E-state index < -0.39 is 0 Å². The fourth-order valence-corrected chi connectivity index (χ4v) is 2.74. The third kappa shape index (κ3) is 3.03. The van der Waals surface area contributed by atoms with Crippen LogP contribution >= 0.6 is 22.9 Å². The maximum Gasteiger partial charge on any atom is 0.124 e. The van der Waals surface area contributed by atoms with Gasteiger partial charge in [0.05, 0.1) is 5.01 Å². The average molecular weight is 271 g/mol. The second kappa shape index (κ2) is 5.12. The van der Waals surface area contributed by atoms with E-state index in [2.05, 4.69) is 4.98 Å². The molecule has 0 aliphatic heterocycles. The van der Waals surface area contributed by atoms with Crippen molar-refractivity contribution < 1.29 is 4.39 Å². The summed E-state index contributed by atoms with van der Waals surface area (Å²) in [5.74, 6) is -0.351. The quantitative estimate of drug-likeness (QED) is 0.927. The minimum absolute atomic E-state index is 0.256. The predicted molar refractivity (Wildman–Crippen MR) is 68.9 cm³/mol. The number of nitrogens with zero attached hydrogens (tertiary/aromatic N) is 1. The summed E-state index contributed by atoms with van der Waals surface area (Å²) in [6.45, 7) is 1.94. The average Bonchev–Trinajstić information content (AvgIpc) is 2.63. The van der Waals surface area contributed by atoms with E-state index >= 15 is 0 Å². The summed E-state index contributed by atoms with van der Waals surface area (Å²) >= 11 is 7.53. The molecule has 0 aliphatic rings. The van der Waals surface area contributed by atoms with Crippen molar-refractivity contribution in [2.24, 2.45) is 5.73 Å². The van der Waals surface area contributed by atoms with Gasteiger partial charge in [-0.25, -0.2) is 9.37 Å². The summed E-state index contributed by atoms with van der Waals surface area (Å²) in [4.78, 5) is 4.34. The third-order valence-corrected chi connectivity index (χ3v) is 3.74. The number of aromatic nitrogens is 1. The van der Waals surface area contributed by atoms with Crippen LogP contribution in [0.2, 0.25) is 5.02 Å². The van der Waals surface area contributed by atoms with Crippen molar-refractivity contribution in [3.63, 3.8) is 0 Å². The minimum atomic E-state index is -0.351. The Morgan fingerprint density at radius 3 is 2.88 bits per heavy atom.